The second kappa shape index (κ2) is 8.22. The SMILES string of the molecule is c1ccc(Cc2nn(-c3ccccc3)c(-c3ccccc3)c2-c2ccccc2)cc1. The van der Waals surface area contributed by atoms with Crippen LogP contribution < -0.4 is 0 Å². The maximum Gasteiger partial charge on any atom is 0.0822 e. The molecule has 5 aromatic rings. The number of rotatable bonds is 5. The summed E-state index contributed by atoms with van der Waals surface area (Å²) in [5.74, 6) is 0. The Morgan fingerprint density at radius 3 is 1.63 bits per heavy atom. The average Bonchev–Trinajstić information content (AvgIpc) is 3.20. The summed E-state index contributed by atoms with van der Waals surface area (Å²) < 4.78 is 2.09. The molecule has 144 valence electrons. The van der Waals surface area contributed by atoms with Crippen molar-refractivity contribution >= 4 is 0 Å². The van der Waals surface area contributed by atoms with Gasteiger partial charge in [-0.15, -0.1) is 0 Å². The zero-order chi connectivity index (χ0) is 20.2. The standard InChI is InChI=1S/C28H22N2/c1-5-13-22(14-6-1)21-26-27(23-15-7-2-8-16-23)28(24-17-9-3-10-18-24)30(29-26)25-19-11-4-12-20-25/h1-20H,21H2. The molecule has 0 N–H and O–H groups in total. The van der Waals surface area contributed by atoms with Crippen LogP contribution >= 0.6 is 0 Å². The van der Waals surface area contributed by atoms with Crippen LogP contribution in [0.5, 0.6) is 0 Å². The molecule has 0 bridgehead atoms. The van der Waals surface area contributed by atoms with E-state index in [-0.39, 0.29) is 0 Å². The van der Waals surface area contributed by atoms with E-state index in [0.717, 1.165) is 29.1 Å². The number of hydrogen-bond donors (Lipinski definition) is 0. The van der Waals surface area contributed by atoms with E-state index in [2.05, 4.69) is 120 Å². The highest BCUT2D eigenvalue weighted by Gasteiger charge is 2.21. The van der Waals surface area contributed by atoms with E-state index >= 15 is 0 Å². The van der Waals surface area contributed by atoms with E-state index in [1.807, 2.05) is 6.07 Å². The minimum atomic E-state index is 0.782. The van der Waals surface area contributed by atoms with Crippen molar-refractivity contribution in [1.29, 1.82) is 0 Å². The van der Waals surface area contributed by atoms with Crippen molar-refractivity contribution in [2.75, 3.05) is 0 Å². The van der Waals surface area contributed by atoms with Gasteiger partial charge in [-0.3, -0.25) is 0 Å². The zero-order valence-electron chi connectivity index (χ0n) is 16.6. The first-order valence-electron chi connectivity index (χ1n) is 10.2. The maximum atomic E-state index is 5.15. The van der Waals surface area contributed by atoms with Crippen molar-refractivity contribution in [1.82, 2.24) is 9.78 Å². The van der Waals surface area contributed by atoms with Crippen LogP contribution in [0.25, 0.3) is 28.1 Å². The molecule has 2 heteroatoms. The molecule has 0 radical (unpaired) electrons. The highest BCUT2D eigenvalue weighted by Crippen LogP contribution is 2.37. The second-order valence-corrected chi connectivity index (χ2v) is 7.31. The summed E-state index contributed by atoms with van der Waals surface area (Å²) in [4.78, 5) is 0. The molecule has 30 heavy (non-hydrogen) atoms. The van der Waals surface area contributed by atoms with E-state index in [9.17, 15) is 0 Å². The zero-order valence-corrected chi connectivity index (χ0v) is 16.6. The third-order valence-corrected chi connectivity index (χ3v) is 5.28. The minimum absolute atomic E-state index is 0.782. The Kier molecular flexibility index (Phi) is 4.97. The molecule has 1 aromatic heterocycles. The number of nitrogens with zero attached hydrogens (tertiary/aromatic N) is 2. The topological polar surface area (TPSA) is 17.8 Å². The van der Waals surface area contributed by atoms with Crippen LogP contribution in [0.15, 0.2) is 121 Å². The van der Waals surface area contributed by atoms with Gasteiger partial charge in [-0.1, -0.05) is 109 Å². The molecule has 0 saturated carbocycles. The van der Waals surface area contributed by atoms with Crippen LogP contribution in [-0.4, -0.2) is 9.78 Å². The average molecular weight is 386 g/mol. The largest absolute Gasteiger partial charge is 0.232 e. The first-order chi connectivity index (χ1) is 14.9. The van der Waals surface area contributed by atoms with E-state index in [1.165, 1.54) is 16.7 Å². The van der Waals surface area contributed by atoms with E-state index in [4.69, 9.17) is 5.10 Å². The van der Waals surface area contributed by atoms with Gasteiger partial charge < -0.3 is 0 Å². The lowest BCUT2D eigenvalue weighted by atomic mass is 9.96. The summed E-state index contributed by atoms with van der Waals surface area (Å²) in [6.07, 6.45) is 0.782. The normalized spacial score (nSPS) is 10.8. The summed E-state index contributed by atoms with van der Waals surface area (Å²) in [7, 11) is 0. The molecule has 0 aliphatic heterocycles. The Morgan fingerprint density at radius 1 is 0.533 bits per heavy atom. The van der Waals surface area contributed by atoms with Crippen molar-refractivity contribution in [2.24, 2.45) is 0 Å². The molecule has 0 spiro atoms. The minimum Gasteiger partial charge on any atom is -0.232 e. The Bertz CT molecular complexity index is 1230. The van der Waals surface area contributed by atoms with Crippen LogP contribution in [0.2, 0.25) is 0 Å². The molecule has 0 saturated heterocycles. The van der Waals surface area contributed by atoms with Gasteiger partial charge in [-0.25, -0.2) is 4.68 Å². The smallest absolute Gasteiger partial charge is 0.0822 e. The molecular formula is C28H22N2. The van der Waals surface area contributed by atoms with Crippen LogP contribution in [0.1, 0.15) is 11.3 Å². The van der Waals surface area contributed by atoms with Crippen molar-refractivity contribution in [3.63, 3.8) is 0 Å². The molecule has 0 unspecified atom stereocenters. The van der Waals surface area contributed by atoms with E-state index in [1.54, 1.807) is 0 Å². The lowest BCUT2D eigenvalue weighted by Gasteiger charge is -2.11. The van der Waals surface area contributed by atoms with Crippen molar-refractivity contribution in [2.45, 2.75) is 6.42 Å². The highest BCUT2D eigenvalue weighted by atomic mass is 15.3. The molecule has 0 amide bonds. The number of para-hydroxylation sites is 1. The van der Waals surface area contributed by atoms with Crippen LogP contribution in [0.4, 0.5) is 0 Å². The first-order valence-corrected chi connectivity index (χ1v) is 10.2. The Morgan fingerprint density at radius 2 is 1.03 bits per heavy atom. The predicted molar refractivity (Wildman–Crippen MR) is 124 cm³/mol. The van der Waals surface area contributed by atoms with Gasteiger partial charge in [0, 0.05) is 17.5 Å². The monoisotopic (exact) mass is 386 g/mol. The number of hydrogen-bond acceptors (Lipinski definition) is 1. The lowest BCUT2D eigenvalue weighted by molar-refractivity contribution is 0.854. The summed E-state index contributed by atoms with van der Waals surface area (Å²) in [6.45, 7) is 0. The molecule has 0 fully saturated rings. The predicted octanol–water partition coefficient (Wildman–Crippen LogP) is 6.80. The molecule has 5 rings (SSSR count). The highest BCUT2D eigenvalue weighted by molar-refractivity contribution is 5.84. The molecular weight excluding hydrogens is 364 g/mol. The maximum absolute atomic E-state index is 5.15. The fourth-order valence-electron chi connectivity index (χ4n) is 3.90. The fraction of sp³-hybridized carbons (Fsp3) is 0.0357. The molecule has 0 aliphatic rings. The van der Waals surface area contributed by atoms with Crippen LogP contribution in [0.3, 0.4) is 0 Å². The van der Waals surface area contributed by atoms with Gasteiger partial charge in [0.15, 0.2) is 0 Å². The van der Waals surface area contributed by atoms with Gasteiger partial charge in [0.2, 0.25) is 0 Å². The van der Waals surface area contributed by atoms with Gasteiger partial charge in [0.1, 0.15) is 0 Å². The van der Waals surface area contributed by atoms with Crippen LogP contribution in [0, 0.1) is 0 Å². The van der Waals surface area contributed by atoms with Crippen LogP contribution in [-0.2, 0) is 6.42 Å². The second-order valence-electron chi connectivity index (χ2n) is 7.31. The summed E-state index contributed by atoms with van der Waals surface area (Å²) >= 11 is 0. The number of aromatic nitrogens is 2. The van der Waals surface area contributed by atoms with Crippen molar-refractivity contribution in [3.8, 4) is 28.1 Å². The van der Waals surface area contributed by atoms with Gasteiger partial charge in [-0.2, -0.15) is 5.10 Å². The van der Waals surface area contributed by atoms with E-state index < -0.39 is 0 Å². The molecule has 0 aliphatic carbocycles. The summed E-state index contributed by atoms with van der Waals surface area (Å²) in [6, 6.07) is 42.1. The van der Waals surface area contributed by atoms with Gasteiger partial charge in [-0.05, 0) is 23.3 Å². The third-order valence-electron chi connectivity index (χ3n) is 5.28. The van der Waals surface area contributed by atoms with Crippen molar-refractivity contribution < 1.29 is 0 Å². The number of benzene rings is 4. The Hall–Kier alpha value is -3.91. The van der Waals surface area contributed by atoms with Gasteiger partial charge in [0.05, 0.1) is 17.1 Å². The third kappa shape index (κ3) is 3.56. The molecule has 4 aromatic carbocycles. The molecule has 2 nitrogen and oxygen atoms in total. The summed E-state index contributed by atoms with van der Waals surface area (Å²) in [5, 5.41) is 5.15. The van der Waals surface area contributed by atoms with Crippen molar-refractivity contribution in [3.05, 3.63) is 133 Å². The van der Waals surface area contributed by atoms with Gasteiger partial charge >= 0.3 is 0 Å². The quantitative estimate of drug-likeness (QED) is 0.325. The Balaban J connectivity index is 1.79. The summed E-state index contributed by atoms with van der Waals surface area (Å²) in [5.41, 5.74) is 8.06. The fourth-order valence-corrected chi connectivity index (χ4v) is 3.90. The van der Waals surface area contributed by atoms with Gasteiger partial charge in [0.25, 0.3) is 0 Å². The molecule has 0 atom stereocenters. The van der Waals surface area contributed by atoms with E-state index in [0.29, 0.717) is 0 Å². The molecule has 1 heterocycles. The Labute approximate surface area is 177 Å². The first kappa shape index (κ1) is 18.1. The lowest BCUT2D eigenvalue weighted by Crippen LogP contribution is -1.99.